The lowest BCUT2D eigenvalue weighted by Gasteiger charge is -2.23. The van der Waals surface area contributed by atoms with Gasteiger partial charge in [0.05, 0.1) is 25.3 Å². The second kappa shape index (κ2) is 9.07. The number of azo groups is 1. The molecule has 1 aliphatic heterocycles. The fourth-order valence-electron chi connectivity index (χ4n) is 3.26. The van der Waals surface area contributed by atoms with E-state index in [1.165, 1.54) is 0 Å². The number of aryl methyl sites for hydroxylation is 1. The Labute approximate surface area is 158 Å². The summed E-state index contributed by atoms with van der Waals surface area (Å²) in [5.41, 5.74) is 1.40. The topological polar surface area (TPSA) is 75.6 Å². The minimum Gasteiger partial charge on any atom is -0.493 e. The van der Waals surface area contributed by atoms with Crippen molar-refractivity contribution in [3.05, 3.63) is 24.3 Å². The van der Waals surface area contributed by atoms with Crippen LogP contribution in [-0.4, -0.2) is 54.2 Å². The van der Waals surface area contributed by atoms with Crippen molar-refractivity contribution in [2.45, 2.75) is 19.9 Å². The maximum atomic E-state index is 10.4. The molecule has 2 aromatic rings. The Kier molecular flexibility index (Phi) is 6.54. The molecule has 0 spiro atoms. The zero-order valence-electron chi connectivity index (χ0n) is 15.1. The first-order valence-electron chi connectivity index (χ1n) is 9.11. The molecule has 3 N–H and O–H groups in total. The normalized spacial score (nSPS) is 15.7. The van der Waals surface area contributed by atoms with Gasteiger partial charge in [-0.25, -0.2) is 0 Å². The van der Waals surface area contributed by atoms with E-state index in [1.807, 2.05) is 35.8 Å². The molecular formula is C18H26N5O2S+. The van der Waals surface area contributed by atoms with Gasteiger partial charge in [-0.15, -0.1) is 10.2 Å². The molecule has 140 valence electrons. The lowest BCUT2D eigenvalue weighted by molar-refractivity contribution is -0.908. The van der Waals surface area contributed by atoms with Crippen LogP contribution >= 0.6 is 12.2 Å². The summed E-state index contributed by atoms with van der Waals surface area (Å²) in [7, 11) is 0. The first-order valence-corrected chi connectivity index (χ1v) is 9.52. The fraction of sp³-hybridized carbons (Fsp3) is 0.500. The van der Waals surface area contributed by atoms with Crippen molar-refractivity contribution in [1.29, 1.82) is 0 Å². The number of rotatable bonds is 6. The van der Waals surface area contributed by atoms with Crippen LogP contribution in [0.1, 0.15) is 13.3 Å². The van der Waals surface area contributed by atoms with Gasteiger partial charge in [-0.2, -0.15) is 0 Å². The van der Waals surface area contributed by atoms with Crippen LogP contribution in [0.4, 0.5) is 5.69 Å². The summed E-state index contributed by atoms with van der Waals surface area (Å²) in [6, 6.07) is 7.75. The Morgan fingerprint density at radius 1 is 1.35 bits per heavy atom. The predicted octanol–water partition coefficient (Wildman–Crippen LogP) is 1.63. The lowest BCUT2D eigenvalue weighted by atomic mass is 10.2. The van der Waals surface area contributed by atoms with Gasteiger partial charge in [-0.05, 0) is 25.2 Å². The highest BCUT2D eigenvalue weighted by molar-refractivity contribution is 7.80. The lowest BCUT2D eigenvalue weighted by Crippen LogP contribution is -3.14. The van der Waals surface area contributed by atoms with Crippen LogP contribution in [0, 0.1) is 0 Å². The highest BCUT2D eigenvalue weighted by Gasteiger charge is 2.15. The molecule has 1 saturated heterocycles. The monoisotopic (exact) mass is 376 g/mol. The van der Waals surface area contributed by atoms with Gasteiger partial charge in [0.25, 0.3) is 0 Å². The Bertz CT molecular complexity index is 783. The van der Waals surface area contributed by atoms with Crippen molar-refractivity contribution in [2.24, 2.45) is 10.2 Å². The Hall–Kier alpha value is -2.03. The van der Waals surface area contributed by atoms with Crippen molar-refractivity contribution in [3.8, 4) is 5.88 Å². The summed E-state index contributed by atoms with van der Waals surface area (Å²) in [5, 5.41) is 23.0. The van der Waals surface area contributed by atoms with E-state index >= 15 is 0 Å². The van der Waals surface area contributed by atoms with Crippen molar-refractivity contribution < 1.29 is 14.7 Å². The van der Waals surface area contributed by atoms with Crippen LogP contribution < -0.4 is 10.2 Å². The van der Waals surface area contributed by atoms with Gasteiger partial charge in [0.15, 0.2) is 5.69 Å². The SMILES string of the molecule is CCn1c(O)c(N=NC(=S)NCCC[NH+]2CCOCC2)c2ccccc21. The number of para-hydroxylation sites is 1. The number of morpholine rings is 1. The van der Waals surface area contributed by atoms with E-state index in [0.717, 1.165) is 56.7 Å². The molecule has 7 nitrogen and oxygen atoms in total. The summed E-state index contributed by atoms with van der Waals surface area (Å²) >= 11 is 5.24. The predicted molar refractivity (Wildman–Crippen MR) is 105 cm³/mol. The third-order valence-electron chi connectivity index (χ3n) is 4.66. The average molecular weight is 377 g/mol. The third-order valence-corrected chi connectivity index (χ3v) is 4.88. The summed E-state index contributed by atoms with van der Waals surface area (Å²) in [4.78, 5) is 1.57. The average Bonchev–Trinajstić information content (AvgIpc) is 2.95. The number of aromatic hydroxyl groups is 1. The Balaban J connectivity index is 1.55. The quantitative estimate of drug-likeness (QED) is 0.407. The zero-order valence-corrected chi connectivity index (χ0v) is 15.9. The van der Waals surface area contributed by atoms with Crippen molar-refractivity contribution in [2.75, 3.05) is 39.4 Å². The number of quaternary nitrogens is 1. The molecule has 1 fully saturated rings. The highest BCUT2D eigenvalue weighted by atomic mass is 32.1. The van der Waals surface area contributed by atoms with Crippen LogP contribution in [0.2, 0.25) is 0 Å². The number of nitrogens with one attached hydrogen (secondary N) is 2. The van der Waals surface area contributed by atoms with Crippen molar-refractivity contribution >= 4 is 33.9 Å². The van der Waals surface area contributed by atoms with Gasteiger partial charge in [0.2, 0.25) is 11.0 Å². The summed E-state index contributed by atoms with van der Waals surface area (Å²) in [6.45, 7) is 8.36. The third kappa shape index (κ3) is 4.38. The van der Waals surface area contributed by atoms with Crippen molar-refractivity contribution in [1.82, 2.24) is 9.88 Å². The molecule has 0 amide bonds. The number of hydrogen-bond acceptors (Lipinski definition) is 4. The molecule has 0 bridgehead atoms. The highest BCUT2D eigenvalue weighted by Crippen LogP contribution is 2.38. The number of thiocarbonyl (C=S) groups is 1. The van der Waals surface area contributed by atoms with Gasteiger partial charge < -0.3 is 24.6 Å². The summed E-state index contributed by atoms with van der Waals surface area (Å²) in [6.07, 6.45) is 1.02. The Morgan fingerprint density at radius 2 is 2.12 bits per heavy atom. The second-order valence-corrected chi connectivity index (χ2v) is 6.72. The number of ether oxygens (including phenoxy) is 1. The van der Waals surface area contributed by atoms with Gasteiger partial charge in [-0.3, -0.25) is 0 Å². The molecule has 0 saturated carbocycles. The van der Waals surface area contributed by atoms with E-state index in [0.29, 0.717) is 17.3 Å². The molecule has 1 aliphatic rings. The van der Waals surface area contributed by atoms with Crippen LogP contribution in [0.25, 0.3) is 10.9 Å². The molecular weight excluding hydrogens is 350 g/mol. The number of hydrogen-bond donors (Lipinski definition) is 3. The molecule has 0 unspecified atom stereocenters. The molecule has 0 atom stereocenters. The number of aromatic nitrogens is 1. The molecule has 26 heavy (non-hydrogen) atoms. The van der Waals surface area contributed by atoms with Crippen molar-refractivity contribution in [3.63, 3.8) is 0 Å². The van der Waals surface area contributed by atoms with E-state index in [9.17, 15) is 5.11 Å². The zero-order chi connectivity index (χ0) is 18.4. The van der Waals surface area contributed by atoms with E-state index in [4.69, 9.17) is 17.0 Å². The molecule has 3 rings (SSSR count). The number of fused-ring (bicyclic) bond motifs is 1. The van der Waals surface area contributed by atoms with Gasteiger partial charge >= 0.3 is 0 Å². The molecule has 0 radical (unpaired) electrons. The second-order valence-electron chi connectivity index (χ2n) is 6.33. The largest absolute Gasteiger partial charge is 0.493 e. The van der Waals surface area contributed by atoms with Gasteiger partial charge in [0, 0.05) is 24.9 Å². The molecule has 8 heteroatoms. The van der Waals surface area contributed by atoms with Crippen LogP contribution in [0.5, 0.6) is 5.88 Å². The maximum absolute atomic E-state index is 10.4. The van der Waals surface area contributed by atoms with Crippen LogP contribution in [-0.2, 0) is 11.3 Å². The molecule has 0 aliphatic carbocycles. The van der Waals surface area contributed by atoms with E-state index < -0.39 is 0 Å². The van der Waals surface area contributed by atoms with Crippen LogP contribution in [0.3, 0.4) is 0 Å². The summed E-state index contributed by atoms with van der Waals surface area (Å²) < 4.78 is 7.17. The minimum atomic E-state index is 0.121. The fourth-order valence-corrected chi connectivity index (χ4v) is 3.41. The van der Waals surface area contributed by atoms with E-state index in [2.05, 4.69) is 15.5 Å². The molecule has 2 heterocycles. The summed E-state index contributed by atoms with van der Waals surface area (Å²) in [5.74, 6) is 0.121. The number of benzene rings is 1. The van der Waals surface area contributed by atoms with E-state index in [1.54, 1.807) is 4.90 Å². The molecule has 1 aromatic heterocycles. The van der Waals surface area contributed by atoms with Gasteiger partial charge in [-0.1, -0.05) is 18.2 Å². The molecule has 1 aromatic carbocycles. The Morgan fingerprint density at radius 3 is 2.88 bits per heavy atom. The smallest absolute Gasteiger partial charge is 0.220 e. The van der Waals surface area contributed by atoms with Crippen LogP contribution in [0.15, 0.2) is 34.5 Å². The first-order chi connectivity index (χ1) is 12.7. The van der Waals surface area contributed by atoms with E-state index in [-0.39, 0.29) is 5.88 Å². The van der Waals surface area contributed by atoms with Gasteiger partial charge in [0.1, 0.15) is 13.1 Å². The number of nitrogens with zero attached hydrogens (tertiary/aromatic N) is 3. The first kappa shape index (κ1) is 18.8. The standard InChI is InChI=1S/C18H25N5O2S/c1-2-23-15-7-4-3-6-14(15)16(17(23)24)20-21-18(26)19-8-5-9-22-10-12-25-13-11-22/h3-4,6-7,24H,2,5,8-13H2,1H3,(H,19,26)/p+1. The maximum Gasteiger partial charge on any atom is 0.220 e. The minimum absolute atomic E-state index is 0.121.